The maximum absolute atomic E-state index is 9.59. The van der Waals surface area contributed by atoms with Crippen LogP contribution in [-0.4, -0.2) is 42.3 Å². The fraction of sp³-hybridized carbons (Fsp3) is 0.304. The molecule has 8 heteroatoms. The van der Waals surface area contributed by atoms with Crippen molar-refractivity contribution < 1.29 is 5.11 Å². The maximum atomic E-state index is 9.59. The average Bonchev–Trinajstić information content (AvgIpc) is 3.23. The van der Waals surface area contributed by atoms with Gasteiger partial charge in [0.2, 0.25) is 5.95 Å². The molecule has 4 rings (SSSR count). The van der Waals surface area contributed by atoms with Crippen LogP contribution in [0.3, 0.4) is 0 Å². The van der Waals surface area contributed by atoms with E-state index < -0.39 is 0 Å². The van der Waals surface area contributed by atoms with Crippen LogP contribution in [0.25, 0.3) is 22.4 Å². The molecule has 0 unspecified atom stereocenters. The topological polar surface area (TPSA) is 101 Å². The van der Waals surface area contributed by atoms with Crippen LogP contribution in [0, 0.1) is 0 Å². The van der Waals surface area contributed by atoms with Crippen LogP contribution in [0.4, 0.5) is 17.5 Å². The number of rotatable bonds is 8. The van der Waals surface area contributed by atoms with Gasteiger partial charge >= 0.3 is 0 Å². The third-order valence-corrected chi connectivity index (χ3v) is 5.11. The van der Waals surface area contributed by atoms with Crippen LogP contribution in [-0.2, 0) is 0 Å². The van der Waals surface area contributed by atoms with Gasteiger partial charge in [0.05, 0.1) is 24.7 Å². The molecule has 0 saturated carbocycles. The highest BCUT2D eigenvalue weighted by Crippen LogP contribution is 2.28. The molecule has 8 nitrogen and oxygen atoms in total. The summed E-state index contributed by atoms with van der Waals surface area (Å²) in [7, 11) is 0. The second kappa shape index (κ2) is 9.09. The van der Waals surface area contributed by atoms with Crippen LogP contribution in [0.15, 0.2) is 55.0 Å². The summed E-state index contributed by atoms with van der Waals surface area (Å²) in [6, 6.07) is 14.0. The number of benzene rings is 1. The molecule has 0 saturated heterocycles. The lowest BCUT2D eigenvalue weighted by Crippen LogP contribution is -2.24. The van der Waals surface area contributed by atoms with Crippen molar-refractivity contribution >= 4 is 28.6 Å². The number of aliphatic hydroxyl groups is 1. The predicted molar refractivity (Wildman–Crippen MR) is 123 cm³/mol. The van der Waals surface area contributed by atoms with E-state index in [2.05, 4.69) is 44.4 Å². The Balaban J connectivity index is 1.74. The highest BCUT2D eigenvalue weighted by molar-refractivity contribution is 5.87. The monoisotopic (exact) mass is 417 g/mol. The first-order valence-electron chi connectivity index (χ1n) is 10.5. The zero-order valence-electron chi connectivity index (χ0n) is 17.9. The summed E-state index contributed by atoms with van der Waals surface area (Å²) in [5.74, 6) is 1.07. The number of aliphatic hydroxyl groups excluding tert-OH is 1. The lowest BCUT2D eigenvalue weighted by molar-refractivity contribution is 0.271. The number of anilines is 3. The summed E-state index contributed by atoms with van der Waals surface area (Å²) in [6.07, 6.45) is 4.33. The Hall–Kier alpha value is -3.52. The number of imidazole rings is 1. The minimum absolute atomic E-state index is 0.0101. The number of pyridine rings is 1. The van der Waals surface area contributed by atoms with Crippen molar-refractivity contribution in [2.24, 2.45) is 0 Å². The van der Waals surface area contributed by atoms with Gasteiger partial charge in [0.15, 0.2) is 17.0 Å². The van der Waals surface area contributed by atoms with Gasteiger partial charge in [0, 0.05) is 23.5 Å². The van der Waals surface area contributed by atoms with Crippen molar-refractivity contribution in [3.05, 3.63) is 55.0 Å². The average molecular weight is 418 g/mol. The molecule has 31 heavy (non-hydrogen) atoms. The van der Waals surface area contributed by atoms with E-state index in [0.717, 1.165) is 29.0 Å². The van der Waals surface area contributed by atoms with Gasteiger partial charge in [-0.3, -0.25) is 4.98 Å². The molecule has 0 aliphatic heterocycles. The van der Waals surface area contributed by atoms with Gasteiger partial charge in [-0.1, -0.05) is 25.1 Å². The van der Waals surface area contributed by atoms with E-state index in [1.807, 2.05) is 54.0 Å². The molecular formula is C23H27N7O. The number of hydrogen-bond donors (Lipinski definition) is 3. The van der Waals surface area contributed by atoms with Gasteiger partial charge in [-0.25, -0.2) is 4.98 Å². The van der Waals surface area contributed by atoms with E-state index >= 15 is 0 Å². The fourth-order valence-electron chi connectivity index (χ4n) is 3.33. The van der Waals surface area contributed by atoms with Gasteiger partial charge in [0.25, 0.3) is 0 Å². The lowest BCUT2D eigenvalue weighted by Gasteiger charge is -2.16. The minimum atomic E-state index is -0.117. The van der Waals surface area contributed by atoms with Crippen molar-refractivity contribution in [3.63, 3.8) is 0 Å². The molecular weight excluding hydrogens is 390 g/mol. The molecule has 0 spiro atoms. The molecule has 3 aromatic heterocycles. The first kappa shape index (κ1) is 20.7. The van der Waals surface area contributed by atoms with Crippen molar-refractivity contribution in [1.29, 1.82) is 0 Å². The van der Waals surface area contributed by atoms with Gasteiger partial charge in [-0.2, -0.15) is 9.97 Å². The first-order chi connectivity index (χ1) is 15.1. The van der Waals surface area contributed by atoms with E-state index in [0.29, 0.717) is 17.3 Å². The number of nitrogens with one attached hydrogen (secondary N) is 2. The Labute approximate surface area is 181 Å². The standard InChI is InChI=1S/C23H27N7O/c1-4-17(13-31)27-23-28-21(20-22(29-23)30(14-25-20)15(2)3)26-18-9-7-8-16(12-18)19-10-5-6-11-24-19/h5-12,14-15,17,31H,4,13H2,1-3H3,(H2,26,27,28,29)/t17-/m0/s1. The minimum Gasteiger partial charge on any atom is -0.394 e. The molecule has 0 radical (unpaired) electrons. The SMILES string of the molecule is CC[C@@H](CO)Nc1nc(Nc2cccc(-c3ccccn3)c2)c2ncn(C(C)C)c2n1. The van der Waals surface area contributed by atoms with E-state index in [9.17, 15) is 5.11 Å². The Bertz CT molecular complexity index is 1150. The van der Waals surface area contributed by atoms with E-state index in [1.165, 1.54) is 0 Å². The summed E-state index contributed by atoms with van der Waals surface area (Å²) >= 11 is 0. The van der Waals surface area contributed by atoms with Crippen molar-refractivity contribution in [1.82, 2.24) is 24.5 Å². The lowest BCUT2D eigenvalue weighted by atomic mass is 10.1. The summed E-state index contributed by atoms with van der Waals surface area (Å²) in [6.45, 7) is 6.19. The summed E-state index contributed by atoms with van der Waals surface area (Å²) in [5, 5.41) is 16.2. The van der Waals surface area contributed by atoms with Gasteiger partial charge in [-0.05, 0) is 44.5 Å². The van der Waals surface area contributed by atoms with E-state index in [1.54, 1.807) is 12.5 Å². The highest BCUT2D eigenvalue weighted by Gasteiger charge is 2.17. The van der Waals surface area contributed by atoms with Crippen LogP contribution in [0.2, 0.25) is 0 Å². The van der Waals surface area contributed by atoms with Crippen LogP contribution >= 0.6 is 0 Å². The zero-order valence-corrected chi connectivity index (χ0v) is 17.9. The molecule has 1 atom stereocenters. The quantitative estimate of drug-likeness (QED) is 0.391. The van der Waals surface area contributed by atoms with Crippen molar-refractivity contribution in [2.75, 3.05) is 17.2 Å². The Morgan fingerprint density at radius 2 is 1.94 bits per heavy atom. The molecule has 0 amide bonds. The van der Waals surface area contributed by atoms with Gasteiger partial charge in [0.1, 0.15) is 0 Å². The summed E-state index contributed by atoms with van der Waals surface area (Å²) in [4.78, 5) is 18.3. The largest absolute Gasteiger partial charge is 0.394 e. The zero-order chi connectivity index (χ0) is 21.8. The normalized spacial score (nSPS) is 12.3. The number of nitrogens with zero attached hydrogens (tertiary/aromatic N) is 5. The van der Waals surface area contributed by atoms with Crippen LogP contribution in [0.1, 0.15) is 33.2 Å². The van der Waals surface area contributed by atoms with Crippen molar-refractivity contribution in [3.8, 4) is 11.3 Å². The second-order valence-corrected chi connectivity index (χ2v) is 7.67. The third-order valence-electron chi connectivity index (χ3n) is 5.11. The third kappa shape index (κ3) is 4.49. The number of aromatic nitrogens is 5. The molecule has 4 aromatic rings. The number of fused-ring (bicyclic) bond motifs is 1. The molecule has 0 fully saturated rings. The van der Waals surface area contributed by atoms with E-state index in [-0.39, 0.29) is 18.7 Å². The molecule has 0 bridgehead atoms. The molecule has 3 heterocycles. The molecule has 1 aromatic carbocycles. The predicted octanol–water partition coefficient (Wildman–Crippen LogP) is 4.40. The Kier molecular flexibility index (Phi) is 6.08. The Morgan fingerprint density at radius 3 is 2.65 bits per heavy atom. The molecule has 0 aliphatic rings. The van der Waals surface area contributed by atoms with Crippen LogP contribution < -0.4 is 10.6 Å². The molecule has 0 aliphatic carbocycles. The van der Waals surface area contributed by atoms with E-state index in [4.69, 9.17) is 0 Å². The molecule has 160 valence electrons. The summed E-state index contributed by atoms with van der Waals surface area (Å²) < 4.78 is 2.01. The van der Waals surface area contributed by atoms with Crippen LogP contribution in [0.5, 0.6) is 0 Å². The summed E-state index contributed by atoms with van der Waals surface area (Å²) in [5.41, 5.74) is 4.22. The Morgan fingerprint density at radius 1 is 1.06 bits per heavy atom. The molecule has 3 N–H and O–H groups in total. The fourth-order valence-corrected chi connectivity index (χ4v) is 3.33. The van der Waals surface area contributed by atoms with Gasteiger partial charge in [-0.15, -0.1) is 0 Å². The second-order valence-electron chi connectivity index (χ2n) is 7.67. The maximum Gasteiger partial charge on any atom is 0.227 e. The van der Waals surface area contributed by atoms with Crippen molar-refractivity contribution in [2.45, 2.75) is 39.3 Å². The smallest absolute Gasteiger partial charge is 0.227 e. The van der Waals surface area contributed by atoms with Gasteiger partial charge < -0.3 is 20.3 Å². The highest BCUT2D eigenvalue weighted by atomic mass is 16.3. The first-order valence-corrected chi connectivity index (χ1v) is 10.5. The number of hydrogen-bond acceptors (Lipinski definition) is 7.